The Labute approximate surface area is 76.6 Å². The quantitative estimate of drug-likeness (QED) is 0.557. The largest absolute Gasteiger partial charge is 0.382 e. The van der Waals surface area contributed by atoms with Crippen LogP contribution >= 0.6 is 11.8 Å². The Bertz CT molecular complexity index is 235. The summed E-state index contributed by atoms with van der Waals surface area (Å²) in [4.78, 5) is 7.19. The molecule has 4 heteroatoms. The summed E-state index contributed by atoms with van der Waals surface area (Å²) in [5.41, 5.74) is 0.743. The maximum atomic E-state index is 9.13. The van der Waals surface area contributed by atoms with Crippen molar-refractivity contribution in [3.05, 3.63) is 12.0 Å². The summed E-state index contributed by atoms with van der Waals surface area (Å²) in [6.45, 7) is 3.87. The van der Waals surface area contributed by atoms with E-state index in [-0.39, 0.29) is 5.44 Å². The smallest absolute Gasteiger partial charge is 0.120 e. The minimum atomic E-state index is -0.385. The molecule has 0 bridgehead atoms. The summed E-state index contributed by atoms with van der Waals surface area (Å²) in [6, 6.07) is 0. The molecule has 0 radical (unpaired) electrons. The number of nitrogens with one attached hydrogen (secondary N) is 1. The van der Waals surface area contributed by atoms with Crippen LogP contribution in [0.4, 0.5) is 0 Å². The third-order valence-electron chi connectivity index (χ3n) is 1.46. The molecule has 68 valence electrons. The fraction of sp³-hybridized carbons (Fsp3) is 0.625. The number of imidazole rings is 1. The molecule has 0 saturated carbocycles. The van der Waals surface area contributed by atoms with Crippen LogP contribution < -0.4 is 0 Å². The Morgan fingerprint density at radius 1 is 1.75 bits per heavy atom. The molecule has 0 saturated heterocycles. The predicted molar refractivity (Wildman–Crippen MR) is 50.1 cm³/mol. The molecule has 0 aliphatic carbocycles. The molecule has 3 nitrogen and oxygen atoms in total. The van der Waals surface area contributed by atoms with Crippen LogP contribution in [-0.2, 0) is 6.42 Å². The number of aliphatic hydroxyl groups is 1. The summed E-state index contributed by atoms with van der Waals surface area (Å²) in [5.74, 6) is 0. The average molecular weight is 186 g/mol. The number of aromatic nitrogens is 2. The van der Waals surface area contributed by atoms with E-state index in [9.17, 15) is 0 Å². The molecule has 0 aliphatic heterocycles. The van der Waals surface area contributed by atoms with Gasteiger partial charge in [-0.3, -0.25) is 0 Å². The second kappa shape index (κ2) is 4.52. The van der Waals surface area contributed by atoms with Gasteiger partial charge >= 0.3 is 0 Å². The molecular formula is C8H14N2OS. The van der Waals surface area contributed by atoms with Crippen molar-refractivity contribution in [3.8, 4) is 0 Å². The van der Waals surface area contributed by atoms with Crippen LogP contribution in [0.1, 0.15) is 26.0 Å². The van der Waals surface area contributed by atoms with Gasteiger partial charge in [0.15, 0.2) is 0 Å². The summed E-state index contributed by atoms with van der Waals surface area (Å²) < 4.78 is 0. The molecule has 0 aromatic carbocycles. The van der Waals surface area contributed by atoms with E-state index in [0.29, 0.717) is 0 Å². The first-order valence-electron chi connectivity index (χ1n) is 4.11. The van der Waals surface area contributed by atoms with E-state index in [1.807, 2.05) is 0 Å². The van der Waals surface area contributed by atoms with Gasteiger partial charge in [0.1, 0.15) is 10.5 Å². The minimum absolute atomic E-state index is 0.385. The molecule has 1 aromatic heterocycles. The summed E-state index contributed by atoms with van der Waals surface area (Å²) in [6.07, 6.45) is 3.76. The highest BCUT2D eigenvalue weighted by Crippen LogP contribution is 2.22. The number of aromatic amines is 1. The highest BCUT2D eigenvalue weighted by molar-refractivity contribution is 7.99. The number of nitrogens with zero attached hydrogens (tertiary/aromatic N) is 1. The van der Waals surface area contributed by atoms with Crippen molar-refractivity contribution in [1.29, 1.82) is 0 Å². The molecule has 1 unspecified atom stereocenters. The zero-order chi connectivity index (χ0) is 8.97. The number of rotatable bonds is 4. The van der Waals surface area contributed by atoms with Crippen LogP contribution in [-0.4, -0.2) is 20.5 Å². The Morgan fingerprint density at radius 2 is 2.50 bits per heavy atom. The lowest BCUT2D eigenvalue weighted by Gasteiger charge is -2.02. The Kier molecular flexibility index (Phi) is 3.62. The number of hydrogen-bond donors (Lipinski definition) is 2. The van der Waals surface area contributed by atoms with Gasteiger partial charge in [0, 0.05) is 5.69 Å². The highest BCUT2D eigenvalue weighted by atomic mass is 32.2. The molecule has 0 amide bonds. The van der Waals surface area contributed by atoms with Gasteiger partial charge in [-0.1, -0.05) is 25.1 Å². The van der Waals surface area contributed by atoms with E-state index in [1.54, 1.807) is 13.3 Å². The lowest BCUT2D eigenvalue weighted by atomic mass is 10.3. The third-order valence-corrected chi connectivity index (χ3v) is 2.38. The topological polar surface area (TPSA) is 48.9 Å². The van der Waals surface area contributed by atoms with E-state index in [1.165, 1.54) is 11.8 Å². The number of H-pyrrole nitrogens is 1. The van der Waals surface area contributed by atoms with E-state index in [2.05, 4.69) is 16.9 Å². The summed E-state index contributed by atoms with van der Waals surface area (Å²) in [5, 5.41) is 10.0. The van der Waals surface area contributed by atoms with Crippen molar-refractivity contribution in [2.45, 2.75) is 37.2 Å². The minimum Gasteiger partial charge on any atom is -0.382 e. The first-order valence-corrected chi connectivity index (χ1v) is 4.99. The van der Waals surface area contributed by atoms with Gasteiger partial charge in [0.2, 0.25) is 0 Å². The normalized spacial score (nSPS) is 13.2. The van der Waals surface area contributed by atoms with Crippen LogP contribution in [0.5, 0.6) is 0 Å². The van der Waals surface area contributed by atoms with Crippen LogP contribution in [0.2, 0.25) is 0 Å². The van der Waals surface area contributed by atoms with Gasteiger partial charge in [-0.15, -0.1) is 0 Å². The molecular weight excluding hydrogens is 172 g/mol. The van der Waals surface area contributed by atoms with Crippen molar-refractivity contribution in [1.82, 2.24) is 9.97 Å². The summed E-state index contributed by atoms with van der Waals surface area (Å²) in [7, 11) is 0. The van der Waals surface area contributed by atoms with E-state index >= 15 is 0 Å². The van der Waals surface area contributed by atoms with Crippen LogP contribution in [0.3, 0.4) is 0 Å². The number of aliphatic hydroxyl groups excluding tert-OH is 1. The first-order chi connectivity index (χ1) is 5.74. The molecule has 1 aromatic rings. The Hall–Kier alpha value is -0.480. The third kappa shape index (κ3) is 2.53. The molecule has 12 heavy (non-hydrogen) atoms. The van der Waals surface area contributed by atoms with Crippen molar-refractivity contribution in [2.75, 3.05) is 0 Å². The second-order valence-electron chi connectivity index (χ2n) is 2.65. The lowest BCUT2D eigenvalue weighted by molar-refractivity contribution is 0.283. The molecule has 0 fully saturated rings. The van der Waals surface area contributed by atoms with E-state index in [4.69, 9.17) is 5.11 Å². The SMILES string of the molecule is CCCc1[nH]cnc1SC(C)O. The van der Waals surface area contributed by atoms with Crippen LogP contribution in [0.25, 0.3) is 0 Å². The van der Waals surface area contributed by atoms with Crippen molar-refractivity contribution < 1.29 is 5.11 Å². The Balaban J connectivity index is 2.63. The average Bonchev–Trinajstić information content (AvgIpc) is 2.37. The van der Waals surface area contributed by atoms with Gasteiger partial charge in [-0.2, -0.15) is 0 Å². The second-order valence-corrected chi connectivity index (χ2v) is 3.96. The zero-order valence-corrected chi connectivity index (χ0v) is 8.19. The molecule has 0 spiro atoms. The van der Waals surface area contributed by atoms with Gasteiger partial charge in [-0.05, 0) is 13.3 Å². The standard InChI is InChI=1S/C8H14N2OS/c1-3-4-7-8(10-5-9-7)12-6(2)11/h5-6,11H,3-4H2,1-2H3,(H,9,10). The monoisotopic (exact) mass is 186 g/mol. The van der Waals surface area contributed by atoms with Crippen LogP contribution in [0, 0.1) is 0 Å². The molecule has 1 heterocycles. The number of hydrogen-bond acceptors (Lipinski definition) is 3. The van der Waals surface area contributed by atoms with E-state index < -0.39 is 0 Å². The van der Waals surface area contributed by atoms with Gasteiger partial charge < -0.3 is 10.1 Å². The highest BCUT2D eigenvalue weighted by Gasteiger charge is 2.07. The number of aryl methyl sites for hydroxylation is 1. The zero-order valence-electron chi connectivity index (χ0n) is 7.37. The lowest BCUT2D eigenvalue weighted by Crippen LogP contribution is -1.94. The maximum absolute atomic E-state index is 9.13. The van der Waals surface area contributed by atoms with E-state index in [0.717, 1.165) is 23.6 Å². The molecule has 0 aliphatic rings. The first kappa shape index (κ1) is 9.61. The number of thioether (sulfide) groups is 1. The Morgan fingerprint density at radius 3 is 3.08 bits per heavy atom. The van der Waals surface area contributed by atoms with Gasteiger partial charge in [-0.25, -0.2) is 4.98 Å². The van der Waals surface area contributed by atoms with Gasteiger partial charge in [0.25, 0.3) is 0 Å². The summed E-state index contributed by atoms with van der Waals surface area (Å²) >= 11 is 1.38. The predicted octanol–water partition coefficient (Wildman–Crippen LogP) is 1.79. The molecule has 2 N–H and O–H groups in total. The van der Waals surface area contributed by atoms with Crippen molar-refractivity contribution >= 4 is 11.8 Å². The van der Waals surface area contributed by atoms with Crippen molar-refractivity contribution in [2.24, 2.45) is 0 Å². The fourth-order valence-corrected chi connectivity index (χ4v) is 1.74. The molecule has 1 atom stereocenters. The van der Waals surface area contributed by atoms with Crippen LogP contribution in [0.15, 0.2) is 11.4 Å². The molecule has 1 rings (SSSR count). The van der Waals surface area contributed by atoms with Gasteiger partial charge in [0.05, 0.1) is 6.33 Å². The fourth-order valence-electron chi connectivity index (χ4n) is 1.00. The maximum Gasteiger partial charge on any atom is 0.120 e. The van der Waals surface area contributed by atoms with Crippen molar-refractivity contribution in [3.63, 3.8) is 0 Å².